The molecule has 0 heterocycles. The van der Waals surface area contributed by atoms with E-state index in [2.05, 4.69) is 0 Å². The highest BCUT2D eigenvalue weighted by molar-refractivity contribution is 7.84. The van der Waals surface area contributed by atoms with Crippen LogP contribution in [0, 0.1) is 0 Å². The molecule has 0 saturated carbocycles. The van der Waals surface area contributed by atoms with E-state index in [9.17, 15) is 4.21 Å². The van der Waals surface area contributed by atoms with Crippen molar-refractivity contribution in [1.29, 1.82) is 0 Å². The predicted molar refractivity (Wildman–Crippen MR) is 84.0 cm³/mol. The van der Waals surface area contributed by atoms with E-state index in [0.29, 0.717) is 26.4 Å². The van der Waals surface area contributed by atoms with E-state index in [1.54, 1.807) is 43.5 Å². The van der Waals surface area contributed by atoms with E-state index >= 15 is 0 Å². The second-order valence-corrected chi connectivity index (χ2v) is 6.36. The van der Waals surface area contributed by atoms with Gasteiger partial charge in [-0.1, -0.05) is 29.3 Å². The van der Waals surface area contributed by atoms with Gasteiger partial charge < -0.3 is 10.5 Å². The average molecular weight is 330 g/mol. The van der Waals surface area contributed by atoms with Crippen molar-refractivity contribution in [3.63, 3.8) is 0 Å². The summed E-state index contributed by atoms with van der Waals surface area (Å²) in [5.41, 5.74) is 7.14. The Kier molecular flexibility index (Phi) is 4.91. The second-order valence-electron chi connectivity index (χ2n) is 4.16. The number of ether oxygens (including phenoxy) is 1. The Labute approximate surface area is 130 Å². The number of methoxy groups -OCH3 is 1. The van der Waals surface area contributed by atoms with Crippen molar-refractivity contribution in [2.24, 2.45) is 0 Å². The standard InChI is InChI=1S/C14H13Cl2NO2S/c1-19-11-6-9(5-10(17)7-11)8-20(18)14-12(15)3-2-4-13(14)16/h2-7H,8,17H2,1H3. The Bertz CT molecular complexity index is 641. The molecule has 2 rings (SSSR count). The zero-order valence-corrected chi connectivity index (χ0v) is 13.1. The van der Waals surface area contributed by atoms with Crippen LogP contribution in [0.15, 0.2) is 41.3 Å². The van der Waals surface area contributed by atoms with Gasteiger partial charge in [-0.25, -0.2) is 0 Å². The Hall–Kier alpha value is -1.23. The van der Waals surface area contributed by atoms with Crippen molar-refractivity contribution in [3.05, 3.63) is 52.0 Å². The first-order valence-corrected chi connectivity index (χ1v) is 7.84. The monoisotopic (exact) mass is 329 g/mol. The van der Waals surface area contributed by atoms with Crippen molar-refractivity contribution < 1.29 is 8.95 Å². The zero-order valence-electron chi connectivity index (χ0n) is 10.7. The molecule has 0 radical (unpaired) electrons. The molecule has 0 amide bonds. The summed E-state index contributed by atoms with van der Waals surface area (Å²) in [5.74, 6) is 0.896. The molecule has 0 bridgehead atoms. The molecule has 2 aromatic carbocycles. The van der Waals surface area contributed by atoms with Gasteiger partial charge in [-0.05, 0) is 29.8 Å². The summed E-state index contributed by atoms with van der Waals surface area (Å²) < 4.78 is 17.6. The Morgan fingerprint density at radius 3 is 2.45 bits per heavy atom. The molecule has 0 aliphatic carbocycles. The molecular formula is C14H13Cl2NO2S. The number of anilines is 1. The Morgan fingerprint density at radius 2 is 1.85 bits per heavy atom. The lowest BCUT2D eigenvalue weighted by atomic mass is 10.2. The number of rotatable bonds is 4. The molecule has 1 unspecified atom stereocenters. The van der Waals surface area contributed by atoms with E-state index in [-0.39, 0.29) is 5.75 Å². The third kappa shape index (κ3) is 3.45. The normalized spacial score (nSPS) is 12.2. The third-order valence-electron chi connectivity index (χ3n) is 2.67. The van der Waals surface area contributed by atoms with Crippen molar-refractivity contribution in [2.75, 3.05) is 12.8 Å². The second kappa shape index (κ2) is 6.48. The first-order valence-electron chi connectivity index (χ1n) is 5.77. The van der Waals surface area contributed by atoms with Crippen LogP contribution in [0.3, 0.4) is 0 Å². The minimum Gasteiger partial charge on any atom is -0.497 e. The van der Waals surface area contributed by atoms with Gasteiger partial charge in [-0.3, -0.25) is 4.21 Å². The van der Waals surface area contributed by atoms with Gasteiger partial charge in [0.1, 0.15) is 5.75 Å². The highest BCUT2D eigenvalue weighted by Gasteiger charge is 2.14. The van der Waals surface area contributed by atoms with E-state index in [0.717, 1.165) is 5.56 Å². The highest BCUT2D eigenvalue weighted by atomic mass is 35.5. The quantitative estimate of drug-likeness (QED) is 0.865. The number of nitrogens with two attached hydrogens (primary N) is 1. The summed E-state index contributed by atoms with van der Waals surface area (Å²) in [6.45, 7) is 0. The first-order chi connectivity index (χ1) is 9.51. The summed E-state index contributed by atoms with van der Waals surface area (Å²) in [7, 11) is 0.205. The topological polar surface area (TPSA) is 52.3 Å². The fraction of sp³-hybridized carbons (Fsp3) is 0.143. The van der Waals surface area contributed by atoms with E-state index in [1.807, 2.05) is 0 Å². The molecule has 1 atom stereocenters. The maximum absolute atomic E-state index is 12.4. The van der Waals surface area contributed by atoms with Crippen molar-refractivity contribution in [2.45, 2.75) is 10.6 Å². The smallest absolute Gasteiger partial charge is 0.121 e. The summed E-state index contributed by atoms with van der Waals surface area (Å²) in [4.78, 5) is 0.442. The van der Waals surface area contributed by atoms with Gasteiger partial charge in [0.15, 0.2) is 0 Å². The summed E-state index contributed by atoms with van der Waals surface area (Å²) in [6, 6.07) is 10.3. The van der Waals surface area contributed by atoms with Crippen molar-refractivity contribution in [3.8, 4) is 5.75 Å². The molecule has 0 spiro atoms. The lowest BCUT2D eigenvalue weighted by Crippen LogP contribution is -2.00. The lowest BCUT2D eigenvalue weighted by molar-refractivity contribution is 0.414. The van der Waals surface area contributed by atoms with Crippen LogP contribution in [-0.4, -0.2) is 11.3 Å². The molecule has 0 aliphatic rings. The molecule has 0 aliphatic heterocycles. The Balaban J connectivity index is 2.30. The Morgan fingerprint density at radius 1 is 1.20 bits per heavy atom. The van der Waals surface area contributed by atoms with Crippen LogP contribution in [-0.2, 0) is 16.6 Å². The van der Waals surface area contributed by atoms with Crippen LogP contribution in [0.4, 0.5) is 5.69 Å². The summed E-state index contributed by atoms with van der Waals surface area (Å²) in [5, 5.41) is 0.790. The maximum Gasteiger partial charge on any atom is 0.121 e. The molecule has 20 heavy (non-hydrogen) atoms. The fourth-order valence-electron chi connectivity index (χ4n) is 1.81. The molecular weight excluding hydrogens is 317 g/mol. The van der Waals surface area contributed by atoms with Crippen LogP contribution in [0.5, 0.6) is 5.75 Å². The van der Waals surface area contributed by atoms with Crippen LogP contribution < -0.4 is 10.5 Å². The molecule has 0 aromatic heterocycles. The third-order valence-corrected chi connectivity index (χ3v) is 5.01. The SMILES string of the molecule is COc1cc(N)cc(CS(=O)c2c(Cl)cccc2Cl)c1. The van der Waals surface area contributed by atoms with Gasteiger partial charge in [0.2, 0.25) is 0 Å². The van der Waals surface area contributed by atoms with Gasteiger partial charge in [0.25, 0.3) is 0 Å². The number of hydrogen-bond acceptors (Lipinski definition) is 3. The van der Waals surface area contributed by atoms with E-state index in [1.165, 1.54) is 0 Å². The molecule has 0 saturated heterocycles. The summed E-state index contributed by atoms with van der Waals surface area (Å²) >= 11 is 12.1. The highest BCUT2D eigenvalue weighted by Crippen LogP contribution is 2.30. The maximum atomic E-state index is 12.4. The van der Waals surface area contributed by atoms with Gasteiger partial charge in [-0.15, -0.1) is 0 Å². The van der Waals surface area contributed by atoms with E-state index in [4.69, 9.17) is 33.7 Å². The molecule has 0 fully saturated rings. The van der Waals surface area contributed by atoms with Gasteiger partial charge in [0, 0.05) is 11.8 Å². The lowest BCUT2D eigenvalue weighted by Gasteiger charge is -2.09. The molecule has 106 valence electrons. The van der Waals surface area contributed by atoms with Crippen LogP contribution in [0.25, 0.3) is 0 Å². The van der Waals surface area contributed by atoms with Crippen molar-refractivity contribution in [1.82, 2.24) is 0 Å². The molecule has 6 heteroatoms. The van der Waals surface area contributed by atoms with E-state index < -0.39 is 10.8 Å². The molecule has 3 nitrogen and oxygen atoms in total. The number of nitrogen functional groups attached to an aromatic ring is 1. The largest absolute Gasteiger partial charge is 0.497 e. The number of hydrogen-bond donors (Lipinski definition) is 1. The van der Waals surface area contributed by atoms with Gasteiger partial charge in [0.05, 0.1) is 38.6 Å². The first kappa shape index (κ1) is 15.2. The predicted octanol–water partition coefficient (Wildman–Crippen LogP) is 3.89. The van der Waals surface area contributed by atoms with Crippen LogP contribution in [0.2, 0.25) is 10.0 Å². The average Bonchev–Trinajstić information content (AvgIpc) is 2.37. The van der Waals surface area contributed by atoms with Crippen LogP contribution >= 0.6 is 23.2 Å². The molecule has 2 aromatic rings. The van der Waals surface area contributed by atoms with Gasteiger partial charge in [-0.2, -0.15) is 0 Å². The number of halogens is 2. The summed E-state index contributed by atoms with van der Waals surface area (Å²) in [6.07, 6.45) is 0. The van der Waals surface area contributed by atoms with Gasteiger partial charge >= 0.3 is 0 Å². The fourth-order valence-corrected chi connectivity index (χ4v) is 3.91. The zero-order chi connectivity index (χ0) is 14.7. The minimum absolute atomic E-state index is 0.269. The van der Waals surface area contributed by atoms with Crippen molar-refractivity contribution >= 4 is 39.7 Å². The molecule has 2 N–H and O–H groups in total. The minimum atomic E-state index is -1.35. The van der Waals surface area contributed by atoms with Crippen LogP contribution in [0.1, 0.15) is 5.56 Å². The number of benzene rings is 2.